The van der Waals surface area contributed by atoms with Gasteiger partial charge < -0.3 is 19.7 Å². The first-order valence-corrected chi connectivity index (χ1v) is 10.8. The summed E-state index contributed by atoms with van der Waals surface area (Å²) in [6, 6.07) is 25.6. The summed E-state index contributed by atoms with van der Waals surface area (Å²) in [4.78, 5) is 14.9. The number of nitrogens with one attached hydrogen (secondary N) is 1. The highest BCUT2D eigenvalue weighted by molar-refractivity contribution is 5.82. The minimum Gasteiger partial charge on any atom is -0.378 e. The maximum atomic E-state index is 5.04. The Balaban J connectivity index is 1.80. The van der Waals surface area contributed by atoms with Gasteiger partial charge in [0.05, 0.1) is 11.4 Å². The summed E-state index contributed by atoms with van der Waals surface area (Å²) < 4.78 is 0. The molecule has 5 heteroatoms. The summed E-state index contributed by atoms with van der Waals surface area (Å²) in [7, 11) is 12.3. The summed E-state index contributed by atoms with van der Waals surface area (Å²) in [5.74, 6) is 0.869. The molecule has 0 aliphatic rings. The van der Waals surface area contributed by atoms with E-state index in [2.05, 4.69) is 121 Å². The van der Waals surface area contributed by atoms with Crippen molar-refractivity contribution in [3.63, 3.8) is 0 Å². The van der Waals surface area contributed by atoms with Crippen molar-refractivity contribution in [2.24, 2.45) is 0 Å². The van der Waals surface area contributed by atoms with Crippen molar-refractivity contribution in [2.75, 3.05) is 57.0 Å². The molecule has 1 heterocycles. The molecule has 0 aliphatic carbocycles. The van der Waals surface area contributed by atoms with E-state index in [4.69, 9.17) is 4.98 Å². The quantitative estimate of drug-likeness (QED) is 0.436. The summed E-state index contributed by atoms with van der Waals surface area (Å²) in [6.07, 6.45) is 0. The van der Waals surface area contributed by atoms with E-state index in [1.54, 1.807) is 0 Å². The molecule has 0 unspecified atom stereocenters. The summed E-state index contributed by atoms with van der Waals surface area (Å²) in [5, 5.41) is 0. The molecular formula is C27H31N5. The van der Waals surface area contributed by atoms with Crippen molar-refractivity contribution < 1.29 is 0 Å². The lowest BCUT2D eigenvalue weighted by Gasteiger charge is -2.13. The lowest BCUT2D eigenvalue weighted by molar-refractivity contribution is 1.13. The molecular weight excluding hydrogens is 394 g/mol. The van der Waals surface area contributed by atoms with Gasteiger partial charge in [0.15, 0.2) is 0 Å². The van der Waals surface area contributed by atoms with E-state index < -0.39 is 0 Å². The van der Waals surface area contributed by atoms with E-state index in [1.807, 2.05) is 14.1 Å². The molecule has 0 saturated carbocycles. The number of rotatable bonds is 6. The second-order valence-electron chi connectivity index (χ2n) is 8.63. The SMILES string of the molecule is CN(C)c1ccc(-c2nc(-c3ccc(N(C)C)cc3)c(-c3ccc(N(C)C)cc3)[nH]2)cc1. The van der Waals surface area contributed by atoms with E-state index in [0.29, 0.717) is 0 Å². The average molecular weight is 426 g/mol. The lowest BCUT2D eigenvalue weighted by Crippen LogP contribution is -2.08. The Labute approximate surface area is 191 Å². The van der Waals surface area contributed by atoms with Gasteiger partial charge in [-0.3, -0.25) is 0 Å². The Morgan fingerprint density at radius 1 is 0.500 bits per heavy atom. The Hall–Kier alpha value is -3.73. The Bertz CT molecular complexity index is 1100. The number of aromatic amines is 1. The fourth-order valence-electron chi connectivity index (χ4n) is 3.69. The Kier molecular flexibility index (Phi) is 5.91. The van der Waals surface area contributed by atoms with Gasteiger partial charge in [-0.05, 0) is 48.5 Å². The molecule has 0 radical (unpaired) electrons. The molecule has 0 amide bonds. The zero-order valence-electron chi connectivity index (χ0n) is 19.7. The third kappa shape index (κ3) is 4.33. The van der Waals surface area contributed by atoms with Gasteiger partial charge in [-0.1, -0.05) is 24.3 Å². The van der Waals surface area contributed by atoms with Crippen LogP contribution in [-0.4, -0.2) is 52.3 Å². The van der Waals surface area contributed by atoms with Crippen molar-refractivity contribution in [3.05, 3.63) is 72.8 Å². The van der Waals surface area contributed by atoms with Gasteiger partial charge in [-0.15, -0.1) is 0 Å². The monoisotopic (exact) mass is 425 g/mol. The van der Waals surface area contributed by atoms with E-state index in [0.717, 1.165) is 33.9 Å². The second-order valence-corrected chi connectivity index (χ2v) is 8.63. The number of imidazole rings is 1. The van der Waals surface area contributed by atoms with Gasteiger partial charge in [0.25, 0.3) is 0 Å². The number of hydrogen-bond acceptors (Lipinski definition) is 4. The van der Waals surface area contributed by atoms with Crippen LogP contribution in [0.25, 0.3) is 33.9 Å². The van der Waals surface area contributed by atoms with Crippen molar-refractivity contribution in [3.8, 4) is 33.9 Å². The van der Waals surface area contributed by atoms with Crippen molar-refractivity contribution in [2.45, 2.75) is 0 Å². The first kappa shape index (κ1) is 21.5. The summed E-state index contributed by atoms with van der Waals surface area (Å²) in [6.45, 7) is 0. The van der Waals surface area contributed by atoms with Crippen LogP contribution in [-0.2, 0) is 0 Å². The summed E-state index contributed by atoms with van der Waals surface area (Å²) in [5.41, 5.74) is 8.77. The third-order valence-corrected chi connectivity index (χ3v) is 5.69. The number of benzene rings is 3. The molecule has 5 nitrogen and oxygen atoms in total. The maximum Gasteiger partial charge on any atom is 0.138 e. The number of aromatic nitrogens is 2. The second kappa shape index (κ2) is 8.79. The van der Waals surface area contributed by atoms with Crippen LogP contribution in [0.2, 0.25) is 0 Å². The zero-order chi connectivity index (χ0) is 22.8. The largest absolute Gasteiger partial charge is 0.378 e. The van der Waals surface area contributed by atoms with Crippen LogP contribution in [0.4, 0.5) is 17.1 Å². The van der Waals surface area contributed by atoms with Crippen LogP contribution in [0.3, 0.4) is 0 Å². The molecule has 3 aromatic carbocycles. The third-order valence-electron chi connectivity index (χ3n) is 5.69. The molecule has 4 aromatic rings. The minimum atomic E-state index is 0.869. The van der Waals surface area contributed by atoms with E-state index >= 15 is 0 Å². The molecule has 0 aliphatic heterocycles. The lowest BCUT2D eigenvalue weighted by atomic mass is 10.0. The van der Waals surface area contributed by atoms with Gasteiger partial charge in [0, 0.05) is 76.0 Å². The molecule has 1 aromatic heterocycles. The fourth-order valence-corrected chi connectivity index (χ4v) is 3.69. The molecule has 0 saturated heterocycles. The highest BCUT2D eigenvalue weighted by Crippen LogP contribution is 2.34. The van der Waals surface area contributed by atoms with Crippen LogP contribution in [0.15, 0.2) is 72.8 Å². The van der Waals surface area contributed by atoms with Gasteiger partial charge in [0.1, 0.15) is 5.82 Å². The van der Waals surface area contributed by atoms with Gasteiger partial charge in [-0.2, -0.15) is 0 Å². The standard InChI is InChI=1S/C27H31N5/c1-30(2)22-13-7-19(8-14-22)25-26(20-9-15-23(16-10-20)31(3)4)29-27(28-25)21-11-17-24(18-12-21)32(5)6/h7-18H,1-6H3,(H,28,29). The molecule has 0 atom stereocenters. The van der Waals surface area contributed by atoms with Gasteiger partial charge in [0.2, 0.25) is 0 Å². The topological polar surface area (TPSA) is 38.4 Å². The molecule has 4 rings (SSSR count). The van der Waals surface area contributed by atoms with Crippen LogP contribution < -0.4 is 14.7 Å². The summed E-state index contributed by atoms with van der Waals surface area (Å²) >= 11 is 0. The van der Waals surface area contributed by atoms with E-state index in [-0.39, 0.29) is 0 Å². The zero-order valence-corrected chi connectivity index (χ0v) is 19.7. The number of nitrogens with zero attached hydrogens (tertiary/aromatic N) is 4. The van der Waals surface area contributed by atoms with Gasteiger partial charge >= 0.3 is 0 Å². The Morgan fingerprint density at radius 2 is 0.875 bits per heavy atom. The molecule has 0 spiro atoms. The maximum absolute atomic E-state index is 5.04. The molecule has 32 heavy (non-hydrogen) atoms. The van der Waals surface area contributed by atoms with E-state index in [9.17, 15) is 0 Å². The first-order valence-electron chi connectivity index (χ1n) is 10.8. The smallest absolute Gasteiger partial charge is 0.138 e. The first-order chi connectivity index (χ1) is 15.3. The van der Waals surface area contributed by atoms with Crippen LogP contribution in [0.1, 0.15) is 0 Å². The Morgan fingerprint density at radius 3 is 1.28 bits per heavy atom. The van der Waals surface area contributed by atoms with Crippen LogP contribution >= 0.6 is 0 Å². The van der Waals surface area contributed by atoms with Gasteiger partial charge in [-0.25, -0.2) is 4.98 Å². The molecule has 1 N–H and O–H groups in total. The van der Waals surface area contributed by atoms with Crippen molar-refractivity contribution >= 4 is 17.1 Å². The fraction of sp³-hybridized carbons (Fsp3) is 0.222. The molecule has 0 fully saturated rings. The minimum absolute atomic E-state index is 0.869. The number of anilines is 3. The number of H-pyrrole nitrogens is 1. The van der Waals surface area contributed by atoms with Crippen molar-refractivity contribution in [1.29, 1.82) is 0 Å². The van der Waals surface area contributed by atoms with E-state index in [1.165, 1.54) is 17.1 Å². The molecule has 0 bridgehead atoms. The van der Waals surface area contributed by atoms with Crippen LogP contribution in [0.5, 0.6) is 0 Å². The number of hydrogen-bond donors (Lipinski definition) is 1. The predicted octanol–water partition coefficient (Wildman–Crippen LogP) is 5.61. The predicted molar refractivity (Wildman–Crippen MR) is 138 cm³/mol. The normalized spacial score (nSPS) is 10.8. The highest BCUT2D eigenvalue weighted by atomic mass is 15.1. The van der Waals surface area contributed by atoms with Crippen LogP contribution in [0, 0.1) is 0 Å². The van der Waals surface area contributed by atoms with Crippen molar-refractivity contribution in [1.82, 2.24) is 9.97 Å². The molecule has 164 valence electrons. The highest BCUT2D eigenvalue weighted by Gasteiger charge is 2.16. The average Bonchev–Trinajstić information content (AvgIpc) is 3.24.